The van der Waals surface area contributed by atoms with Crippen LogP contribution in [-0.4, -0.2) is 17.1 Å². The predicted octanol–water partition coefficient (Wildman–Crippen LogP) is 4.47. The van der Waals surface area contributed by atoms with Crippen LogP contribution in [0.3, 0.4) is 0 Å². The first-order chi connectivity index (χ1) is 12.6. The van der Waals surface area contributed by atoms with E-state index in [1.165, 1.54) is 16.7 Å². The Morgan fingerprint density at radius 2 is 1.69 bits per heavy atom. The molecule has 0 saturated heterocycles. The third kappa shape index (κ3) is 3.06. The Hall–Kier alpha value is -3.14. The lowest BCUT2D eigenvalue weighted by Gasteiger charge is -2.09. The molecule has 0 fully saturated rings. The number of ether oxygens (including phenoxy) is 1. The lowest BCUT2D eigenvalue weighted by Crippen LogP contribution is -1.98. The lowest BCUT2D eigenvalue weighted by atomic mass is 10.0. The van der Waals surface area contributed by atoms with Crippen molar-refractivity contribution in [2.45, 2.75) is 19.8 Å². The summed E-state index contributed by atoms with van der Waals surface area (Å²) in [6.45, 7) is 2.06. The molecule has 4 nitrogen and oxygen atoms in total. The average Bonchev–Trinajstić information content (AvgIpc) is 2.66. The molecule has 4 aromatic rings. The van der Waals surface area contributed by atoms with Crippen molar-refractivity contribution in [1.29, 1.82) is 0 Å². The van der Waals surface area contributed by atoms with Gasteiger partial charge >= 0.3 is 0 Å². The van der Waals surface area contributed by atoms with Gasteiger partial charge in [0.2, 0.25) is 0 Å². The van der Waals surface area contributed by atoms with Gasteiger partial charge in [0.25, 0.3) is 0 Å². The van der Waals surface area contributed by atoms with Crippen molar-refractivity contribution in [2.75, 3.05) is 12.8 Å². The van der Waals surface area contributed by atoms with Crippen LogP contribution in [-0.2, 0) is 12.8 Å². The number of methoxy groups -OCH3 is 1. The number of aromatic nitrogens is 2. The fourth-order valence-electron chi connectivity index (χ4n) is 3.28. The number of nitrogens with two attached hydrogens (primary N) is 1. The van der Waals surface area contributed by atoms with Gasteiger partial charge in [-0.1, -0.05) is 24.3 Å². The third-order valence-electron chi connectivity index (χ3n) is 4.73. The van der Waals surface area contributed by atoms with E-state index in [-0.39, 0.29) is 0 Å². The van der Waals surface area contributed by atoms with Gasteiger partial charge in [-0.3, -0.25) is 4.98 Å². The molecule has 0 unspecified atom stereocenters. The van der Waals surface area contributed by atoms with Gasteiger partial charge in [0, 0.05) is 17.0 Å². The summed E-state index contributed by atoms with van der Waals surface area (Å²) in [6.07, 6.45) is 3.78. The minimum Gasteiger partial charge on any atom is -0.497 e. The van der Waals surface area contributed by atoms with Gasteiger partial charge in [0.1, 0.15) is 11.3 Å². The highest BCUT2D eigenvalue weighted by Gasteiger charge is 2.09. The van der Waals surface area contributed by atoms with Crippen LogP contribution < -0.4 is 10.5 Å². The molecule has 0 spiro atoms. The number of rotatable bonds is 4. The highest BCUT2D eigenvalue weighted by Crippen LogP contribution is 2.28. The monoisotopic (exact) mass is 343 g/mol. The summed E-state index contributed by atoms with van der Waals surface area (Å²) in [5, 5.41) is 2.17. The van der Waals surface area contributed by atoms with E-state index in [0.717, 1.165) is 40.4 Å². The second kappa shape index (κ2) is 6.64. The van der Waals surface area contributed by atoms with Gasteiger partial charge in [0.05, 0.1) is 12.6 Å². The summed E-state index contributed by atoms with van der Waals surface area (Å²) in [5.41, 5.74) is 11.5. The van der Waals surface area contributed by atoms with Gasteiger partial charge < -0.3 is 10.5 Å². The zero-order valence-electron chi connectivity index (χ0n) is 15.0. The smallest absolute Gasteiger partial charge is 0.150 e. The molecular formula is C22H21N3O. The summed E-state index contributed by atoms with van der Waals surface area (Å²) in [6, 6.07) is 16.7. The number of fused-ring (bicyclic) bond motifs is 3. The standard InChI is InChI=1S/C22H21N3O/c1-14-3-10-18-19-12-16(5-4-15-6-8-17(26-2)9-7-15)13-24-21(19)22(23)25-20(18)11-14/h3,6-13H,4-5H2,1-2H3,(H2,23,25). The van der Waals surface area contributed by atoms with E-state index in [2.05, 4.69) is 53.3 Å². The van der Waals surface area contributed by atoms with Crippen LogP contribution in [0.15, 0.2) is 54.7 Å². The first-order valence-corrected chi connectivity index (χ1v) is 8.71. The number of aryl methyl sites for hydroxylation is 3. The Bertz CT molecular complexity index is 1090. The van der Waals surface area contributed by atoms with Crippen LogP contribution >= 0.6 is 0 Å². The number of pyridine rings is 2. The zero-order valence-corrected chi connectivity index (χ0v) is 15.0. The van der Waals surface area contributed by atoms with Gasteiger partial charge in [0.15, 0.2) is 5.82 Å². The first-order valence-electron chi connectivity index (χ1n) is 8.71. The molecule has 2 heterocycles. The van der Waals surface area contributed by atoms with Crippen molar-refractivity contribution < 1.29 is 4.74 Å². The molecule has 130 valence electrons. The van der Waals surface area contributed by atoms with Gasteiger partial charge in [-0.15, -0.1) is 0 Å². The number of nitrogens with zero attached hydrogens (tertiary/aromatic N) is 2. The van der Waals surface area contributed by atoms with Crippen molar-refractivity contribution in [3.05, 3.63) is 71.4 Å². The second-order valence-electron chi connectivity index (χ2n) is 6.61. The maximum Gasteiger partial charge on any atom is 0.150 e. The quantitative estimate of drug-likeness (QED) is 0.556. The van der Waals surface area contributed by atoms with E-state index in [9.17, 15) is 0 Å². The number of benzene rings is 2. The van der Waals surface area contributed by atoms with Crippen LogP contribution in [0.2, 0.25) is 0 Å². The molecule has 2 aromatic heterocycles. The van der Waals surface area contributed by atoms with E-state index < -0.39 is 0 Å². The molecule has 0 radical (unpaired) electrons. The van der Waals surface area contributed by atoms with Gasteiger partial charge in [-0.2, -0.15) is 0 Å². The Labute approximate surface area is 152 Å². The minimum atomic E-state index is 0.486. The molecule has 26 heavy (non-hydrogen) atoms. The zero-order chi connectivity index (χ0) is 18.1. The van der Waals surface area contributed by atoms with Crippen LogP contribution in [0, 0.1) is 6.92 Å². The summed E-state index contributed by atoms with van der Waals surface area (Å²) in [4.78, 5) is 9.09. The molecule has 4 heteroatoms. The molecule has 0 aliphatic heterocycles. The van der Waals surface area contributed by atoms with Crippen LogP contribution in [0.25, 0.3) is 21.8 Å². The lowest BCUT2D eigenvalue weighted by molar-refractivity contribution is 0.414. The molecule has 4 rings (SSSR count). The maximum absolute atomic E-state index is 6.13. The van der Waals surface area contributed by atoms with Crippen LogP contribution in [0.4, 0.5) is 5.82 Å². The fourth-order valence-corrected chi connectivity index (χ4v) is 3.28. The predicted molar refractivity (Wildman–Crippen MR) is 107 cm³/mol. The van der Waals surface area contributed by atoms with E-state index in [0.29, 0.717) is 5.82 Å². The third-order valence-corrected chi connectivity index (χ3v) is 4.73. The highest BCUT2D eigenvalue weighted by molar-refractivity contribution is 6.08. The van der Waals surface area contributed by atoms with Crippen LogP contribution in [0.5, 0.6) is 5.75 Å². The molecular weight excluding hydrogens is 322 g/mol. The number of nitrogen functional groups attached to an aromatic ring is 1. The SMILES string of the molecule is COc1ccc(CCc2cnc3c(N)nc4cc(C)ccc4c3c2)cc1. The minimum absolute atomic E-state index is 0.486. The fraction of sp³-hybridized carbons (Fsp3) is 0.182. The molecule has 0 amide bonds. The molecule has 0 saturated carbocycles. The number of hydrogen-bond donors (Lipinski definition) is 1. The first kappa shape index (κ1) is 16.3. The molecule has 0 bridgehead atoms. The van der Waals surface area contributed by atoms with Crippen molar-refractivity contribution in [3.8, 4) is 5.75 Å². The number of anilines is 1. The van der Waals surface area contributed by atoms with Crippen LogP contribution in [0.1, 0.15) is 16.7 Å². The molecule has 0 atom stereocenters. The Morgan fingerprint density at radius 1 is 0.923 bits per heavy atom. The van der Waals surface area contributed by atoms with E-state index in [1.807, 2.05) is 18.3 Å². The molecule has 0 aliphatic rings. The van der Waals surface area contributed by atoms with Crippen molar-refractivity contribution in [2.24, 2.45) is 0 Å². The van der Waals surface area contributed by atoms with E-state index >= 15 is 0 Å². The van der Waals surface area contributed by atoms with E-state index in [1.54, 1.807) is 7.11 Å². The molecule has 2 aromatic carbocycles. The second-order valence-corrected chi connectivity index (χ2v) is 6.61. The maximum atomic E-state index is 6.13. The number of hydrogen-bond acceptors (Lipinski definition) is 4. The Morgan fingerprint density at radius 3 is 2.46 bits per heavy atom. The largest absolute Gasteiger partial charge is 0.497 e. The van der Waals surface area contributed by atoms with Crippen molar-refractivity contribution in [3.63, 3.8) is 0 Å². The molecule has 0 aliphatic carbocycles. The average molecular weight is 343 g/mol. The molecule has 2 N–H and O–H groups in total. The Balaban J connectivity index is 1.68. The summed E-state index contributed by atoms with van der Waals surface area (Å²) in [7, 11) is 1.68. The topological polar surface area (TPSA) is 61.0 Å². The van der Waals surface area contributed by atoms with Gasteiger partial charge in [-0.25, -0.2) is 4.98 Å². The summed E-state index contributed by atoms with van der Waals surface area (Å²) in [5.74, 6) is 1.37. The summed E-state index contributed by atoms with van der Waals surface area (Å²) >= 11 is 0. The Kier molecular flexibility index (Phi) is 4.17. The van der Waals surface area contributed by atoms with E-state index in [4.69, 9.17) is 10.5 Å². The van der Waals surface area contributed by atoms with Crippen molar-refractivity contribution in [1.82, 2.24) is 9.97 Å². The highest BCUT2D eigenvalue weighted by atomic mass is 16.5. The van der Waals surface area contributed by atoms with Gasteiger partial charge in [-0.05, 0) is 60.7 Å². The van der Waals surface area contributed by atoms with Crippen molar-refractivity contribution >= 4 is 27.6 Å². The normalized spacial score (nSPS) is 11.2. The summed E-state index contributed by atoms with van der Waals surface area (Å²) < 4.78 is 5.21.